The van der Waals surface area contributed by atoms with Crippen molar-refractivity contribution in [1.29, 1.82) is 0 Å². The summed E-state index contributed by atoms with van der Waals surface area (Å²) in [5.74, 6) is 1.63. The molecule has 56 heavy (non-hydrogen) atoms. The first-order chi connectivity index (χ1) is 19.5. The first kappa shape index (κ1) is 111. The van der Waals surface area contributed by atoms with E-state index in [0.717, 1.165) is 11.8 Å². The van der Waals surface area contributed by atoms with Gasteiger partial charge in [-0.2, -0.15) is 0 Å². The largest absolute Gasteiger partial charge is 0.391 e. The summed E-state index contributed by atoms with van der Waals surface area (Å²) in [5.41, 5.74) is 1.47. The molecule has 0 amide bonds. The van der Waals surface area contributed by atoms with Crippen LogP contribution in [0, 0.1) is 44.3 Å². The molecule has 370 valence electrons. The van der Waals surface area contributed by atoms with Gasteiger partial charge in [0.2, 0.25) is 0 Å². The van der Waals surface area contributed by atoms with Crippen LogP contribution < -0.4 is 0 Å². The van der Waals surface area contributed by atoms with Crippen molar-refractivity contribution in [3.05, 3.63) is 0 Å². The summed E-state index contributed by atoms with van der Waals surface area (Å²) >= 11 is 0. The Labute approximate surface area is 371 Å². The second kappa shape index (κ2) is 49.3. The monoisotopic (exact) mass is 825 g/mol. The molecule has 0 bridgehead atoms. The van der Waals surface area contributed by atoms with Gasteiger partial charge in [-0.1, -0.05) is 260 Å². The predicted molar refractivity (Wildman–Crippen MR) is 286 cm³/mol. The Morgan fingerprint density at radius 2 is 0.518 bits per heavy atom. The van der Waals surface area contributed by atoms with Crippen molar-refractivity contribution in [3.8, 4) is 0 Å². The molecule has 0 rings (SSSR count). The Kier molecular flexibility index (Phi) is 97.9. The molecule has 1 N–H and O–H groups in total. The maximum absolute atomic E-state index is 11.7. The van der Waals surface area contributed by atoms with E-state index in [1.165, 1.54) is 40.0 Å². The molecule has 1 nitrogen and oxygen atoms in total. The fraction of sp³-hybridized carbons (Fsp3) is 1.00. The standard InChI is InChI=1S/C8H18.2C7H16.C6H14.C5H12.C4H9F.C4H10O.C4H10.9CH4/c1-7(2,3)8(4,5)6;1-6(2)7(3,4)5;1-5-6-7(2,3)4;1-5-6(2,3)4;1-5(2,3)4;2*1-4(2,3)5;1-4(2)3;;;;;;;;;/h1-6H3;6H,1-5H3;5-6H2,1-4H3;5H2,1-4H3;1-4H3;1-3H3;5H,1-3H3;4H,1-3H3;9*1H4. The fourth-order valence-electron chi connectivity index (χ4n) is 0.750. The maximum atomic E-state index is 11.7. The van der Waals surface area contributed by atoms with Crippen LogP contribution in [0.2, 0.25) is 0 Å². The molecule has 0 aliphatic rings. The Morgan fingerprint density at radius 1 is 0.411 bits per heavy atom. The van der Waals surface area contributed by atoms with Crippen molar-refractivity contribution in [2.45, 2.75) is 319 Å². The highest BCUT2D eigenvalue weighted by Gasteiger charge is 2.26. The molecule has 0 aliphatic heterocycles. The van der Waals surface area contributed by atoms with Crippen molar-refractivity contribution in [2.24, 2.45) is 44.3 Å². The van der Waals surface area contributed by atoms with E-state index in [2.05, 4.69) is 180 Å². The first-order valence-corrected chi connectivity index (χ1v) is 19.0. The third-order valence-electron chi connectivity index (χ3n) is 6.04. The maximum Gasteiger partial charge on any atom is 0.102 e. The molecule has 0 saturated heterocycles. The summed E-state index contributed by atoms with van der Waals surface area (Å²) in [5, 5.41) is 8.52. The third kappa shape index (κ3) is 315. The van der Waals surface area contributed by atoms with Crippen LogP contribution in [0.1, 0.15) is 308 Å². The number of rotatable bonds is 1. The van der Waals surface area contributed by atoms with E-state index < -0.39 is 11.3 Å². The Bertz CT molecular complexity index is 538. The molecule has 0 heterocycles. The molecule has 0 saturated carbocycles. The molecule has 0 fully saturated rings. The Balaban J connectivity index is -0.0000000204. The van der Waals surface area contributed by atoms with Crippen molar-refractivity contribution < 1.29 is 9.50 Å². The van der Waals surface area contributed by atoms with Gasteiger partial charge in [0.25, 0.3) is 0 Å². The molecule has 0 aromatic heterocycles. The van der Waals surface area contributed by atoms with Gasteiger partial charge >= 0.3 is 0 Å². The number of hydrogen-bond donors (Lipinski definition) is 1. The van der Waals surface area contributed by atoms with Gasteiger partial charge in [0.1, 0.15) is 5.67 Å². The van der Waals surface area contributed by atoms with Crippen LogP contribution in [0.25, 0.3) is 0 Å². The molecule has 0 aromatic carbocycles. The first-order valence-electron chi connectivity index (χ1n) is 19.0. The summed E-state index contributed by atoms with van der Waals surface area (Å²) in [6.45, 7) is 67.9. The van der Waals surface area contributed by atoms with Crippen LogP contribution >= 0.6 is 0 Å². The lowest BCUT2D eigenvalue weighted by Crippen LogP contribution is -2.25. The predicted octanol–water partition coefficient (Wildman–Crippen LogP) is 23.0. The molecule has 0 aromatic rings. The van der Waals surface area contributed by atoms with E-state index in [9.17, 15) is 4.39 Å². The van der Waals surface area contributed by atoms with E-state index in [1.54, 1.807) is 20.8 Å². The summed E-state index contributed by atoms with van der Waals surface area (Å²) in [6, 6.07) is 0. The van der Waals surface area contributed by atoms with E-state index in [-0.39, 0.29) is 66.8 Å². The van der Waals surface area contributed by atoms with Gasteiger partial charge in [-0.25, -0.2) is 4.39 Å². The van der Waals surface area contributed by atoms with Gasteiger partial charge in [-0.05, 0) is 92.3 Å². The van der Waals surface area contributed by atoms with Gasteiger partial charge in [0.15, 0.2) is 0 Å². The summed E-state index contributed by atoms with van der Waals surface area (Å²) in [7, 11) is 0. The van der Waals surface area contributed by atoms with Crippen LogP contribution in [-0.2, 0) is 0 Å². The van der Waals surface area contributed by atoms with Crippen molar-refractivity contribution in [2.75, 3.05) is 0 Å². The smallest absolute Gasteiger partial charge is 0.102 e. The minimum atomic E-state index is -1.00. The lowest BCUT2D eigenvalue weighted by molar-refractivity contribution is 0.102. The minimum Gasteiger partial charge on any atom is -0.391 e. The van der Waals surface area contributed by atoms with Gasteiger partial charge in [-0.3, -0.25) is 0 Å². The van der Waals surface area contributed by atoms with Gasteiger partial charge < -0.3 is 5.11 Å². The minimum absolute atomic E-state index is 0. The second-order valence-electron chi connectivity index (χ2n) is 23.2. The summed E-state index contributed by atoms with van der Waals surface area (Å²) in [6.07, 6.45) is 3.92. The van der Waals surface area contributed by atoms with Crippen LogP contribution in [0.3, 0.4) is 0 Å². The number of hydrogen-bond acceptors (Lipinski definition) is 1. The topological polar surface area (TPSA) is 20.2 Å². The van der Waals surface area contributed by atoms with Crippen molar-refractivity contribution in [3.63, 3.8) is 0 Å². The number of aliphatic hydroxyl groups is 1. The highest BCUT2D eigenvalue weighted by atomic mass is 19.1. The van der Waals surface area contributed by atoms with E-state index in [4.69, 9.17) is 5.11 Å². The van der Waals surface area contributed by atoms with E-state index >= 15 is 0 Å². The molecular formula is C54H141FO. The summed E-state index contributed by atoms with van der Waals surface area (Å²) in [4.78, 5) is 0. The van der Waals surface area contributed by atoms with Gasteiger partial charge in [-0.15, -0.1) is 0 Å². The van der Waals surface area contributed by atoms with E-state index in [1.807, 2.05) is 0 Å². The average molecular weight is 826 g/mol. The zero-order valence-corrected chi connectivity index (χ0v) is 40.1. The number of halogens is 1. The van der Waals surface area contributed by atoms with E-state index in [0.29, 0.717) is 32.5 Å². The quantitative estimate of drug-likeness (QED) is 0.279. The molecule has 0 radical (unpaired) electrons. The van der Waals surface area contributed by atoms with Crippen molar-refractivity contribution in [1.82, 2.24) is 0 Å². The number of alkyl halides is 1. The second-order valence-corrected chi connectivity index (χ2v) is 23.2. The zero-order chi connectivity index (χ0) is 41.3. The summed E-state index contributed by atoms with van der Waals surface area (Å²) < 4.78 is 11.7. The van der Waals surface area contributed by atoms with Gasteiger partial charge in [0.05, 0.1) is 5.60 Å². The van der Waals surface area contributed by atoms with Gasteiger partial charge in [0, 0.05) is 0 Å². The normalized spacial score (nSPS) is 10.3. The molecule has 2 heteroatoms. The lowest BCUT2D eigenvalue weighted by atomic mass is 9.71. The van der Waals surface area contributed by atoms with Crippen molar-refractivity contribution >= 4 is 0 Å². The van der Waals surface area contributed by atoms with Crippen LogP contribution in [0.5, 0.6) is 0 Å². The molecule has 0 unspecified atom stereocenters. The Hall–Kier alpha value is -0.110. The highest BCUT2D eigenvalue weighted by molar-refractivity contribution is 4.77. The molecule has 0 spiro atoms. The van der Waals surface area contributed by atoms with Crippen LogP contribution in [0.4, 0.5) is 4.39 Å². The SMILES string of the molecule is C.C.C.C.C.C.C.C.C.CC(C)(C)C.CC(C)(C)C(C)(C)C.CC(C)(C)F.CC(C)(C)O.CC(C)C.CC(C)C(C)(C)C.CCC(C)(C)C.CCCC(C)(C)C. The van der Waals surface area contributed by atoms with Crippen LogP contribution in [0.15, 0.2) is 0 Å². The third-order valence-corrected chi connectivity index (χ3v) is 6.04. The lowest BCUT2D eigenvalue weighted by Gasteiger charge is -2.34. The molecular weight excluding hydrogens is 684 g/mol. The Morgan fingerprint density at radius 3 is 0.518 bits per heavy atom. The molecule has 0 aliphatic carbocycles. The zero-order valence-electron chi connectivity index (χ0n) is 40.1. The average Bonchev–Trinajstić information content (AvgIpc) is 2.61. The fourth-order valence-corrected chi connectivity index (χ4v) is 0.750. The molecule has 0 atom stereocenters. The van der Waals surface area contributed by atoms with Crippen LogP contribution in [-0.4, -0.2) is 16.4 Å². The highest BCUT2D eigenvalue weighted by Crippen LogP contribution is 2.36.